The van der Waals surface area contributed by atoms with Crippen LogP contribution >= 0.6 is 0 Å². The average Bonchev–Trinajstić information content (AvgIpc) is 3.15. The lowest BCUT2D eigenvalue weighted by molar-refractivity contribution is 0.0243. The molecule has 6 heteroatoms. The third-order valence-corrected chi connectivity index (χ3v) is 4.63. The highest BCUT2D eigenvalue weighted by Gasteiger charge is 2.29. The number of imidazole rings is 1. The van der Waals surface area contributed by atoms with Crippen LogP contribution in [0.5, 0.6) is 0 Å². The fourth-order valence-electron chi connectivity index (χ4n) is 3.23. The molecule has 1 atom stereocenters. The second-order valence-electron chi connectivity index (χ2n) is 6.55. The van der Waals surface area contributed by atoms with E-state index in [1.54, 1.807) is 7.05 Å². The molecule has 1 aliphatic heterocycles. The molecule has 24 heavy (non-hydrogen) atoms. The second-order valence-corrected chi connectivity index (χ2v) is 6.55. The molecular weight excluding hydrogens is 302 g/mol. The Labute approximate surface area is 143 Å². The van der Waals surface area contributed by atoms with Crippen molar-refractivity contribution >= 4 is 17.0 Å². The zero-order valence-corrected chi connectivity index (χ0v) is 14.8. The first kappa shape index (κ1) is 16.8. The van der Waals surface area contributed by atoms with E-state index in [9.17, 15) is 0 Å². The van der Waals surface area contributed by atoms with Gasteiger partial charge in [0.15, 0.2) is 5.96 Å². The van der Waals surface area contributed by atoms with Crippen LogP contribution in [0.2, 0.25) is 0 Å². The molecule has 0 bridgehead atoms. The van der Waals surface area contributed by atoms with Gasteiger partial charge in [0.05, 0.1) is 16.6 Å². The molecule has 3 rings (SSSR count). The molecule has 0 aliphatic carbocycles. The molecule has 0 saturated carbocycles. The smallest absolute Gasteiger partial charge is 0.191 e. The van der Waals surface area contributed by atoms with Crippen molar-refractivity contribution in [1.29, 1.82) is 0 Å². The van der Waals surface area contributed by atoms with Crippen molar-refractivity contribution in [2.45, 2.75) is 38.8 Å². The van der Waals surface area contributed by atoms with E-state index < -0.39 is 0 Å². The summed E-state index contributed by atoms with van der Waals surface area (Å²) >= 11 is 0. The summed E-state index contributed by atoms with van der Waals surface area (Å²) in [7, 11) is 1.80. The molecule has 2 N–H and O–H groups in total. The zero-order chi connectivity index (χ0) is 17.0. The van der Waals surface area contributed by atoms with Gasteiger partial charge in [-0.1, -0.05) is 12.1 Å². The molecule has 6 nitrogen and oxygen atoms in total. The third-order valence-electron chi connectivity index (χ3n) is 4.63. The van der Waals surface area contributed by atoms with Gasteiger partial charge in [-0.3, -0.25) is 4.99 Å². The highest BCUT2D eigenvalue weighted by Crippen LogP contribution is 2.23. The predicted molar refractivity (Wildman–Crippen MR) is 97.4 cm³/mol. The molecule has 1 fully saturated rings. The lowest BCUT2D eigenvalue weighted by atomic mass is 10.0. The van der Waals surface area contributed by atoms with Crippen LogP contribution in [0.25, 0.3) is 11.0 Å². The molecule has 0 radical (unpaired) electrons. The third kappa shape index (κ3) is 3.70. The number of guanidine groups is 1. The Morgan fingerprint density at radius 1 is 1.38 bits per heavy atom. The van der Waals surface area contributed by atoms with Gasteiger partial charge in [-0.2, -0.15) is 0 Å². The summed E-state index contributed by atoms with van der Waals surface area (Å²) in [6.07, 6.45) is 2.23. The second kappa shape index (κ2) is 7.21. The van der Waals surface area contributed by atoms with Crippen molar-refractivity contribution < 1.29 is 4.74 Å². The highest BCUT2D eigenvalue weighted by molar-refractivity contribution is 5.79. The Morgan fingerprint density at radius 2 is 2.21 bits per heavy atom. The summed E-state index contributed by atoms with van der Waals surface area (Å²) in [6.45, 7) is 7.47. The van der Waals surface area contributed by atoms with Crippen molar-refractivity contribution in [3.05, 3.63) is 30.1 Å². The van der Waals surface area contributed by atoms with Gasteiger partial charge in [-0.05, 0) is 38.8 Å². The van der Waals surface area contributed by atoms with Crippen molar-refractivity contribution in [2.24, 2.45) is 4.99 Å². The Balaban J connectivity index is 1.53. The first-order chi connectivity index (χ1) is 11.6. The minimum absolute atomic E-state index is 0.0746. The van der Waals surface area contributed by atoms with E-state index in [1.165, 1.54) is 5.52 Å². The van der Waals surface area contributed by atoms with Crippen molar-refractivity contribution in [2.75, 3.05) is 26.7 Å². The van der Waals surface area contributed by atoms with E-state index in [-0.39, 0.29) is 5.60 Å². The first-order valence-corrected chi connectivity index (χ1v) is 8.62. The predicted octanol–water partition coefficient (Wildman–Crippen LogP) is 2.08. The summed E-state index contributed by atoms with van der Waals surface area (Å²) < 4.78 is 8.04. The van der Waals surface area contributed by atoms with Crippen LogP contribution in [0.15, 0.2) is 29.3 Å². The molecule has 2 aromatic rings. The number of hydrogen-bond donors (Lipinski definition) is 2. The van der Waals surface area contributed by atoms with E-state index in [4.69, 9.17) is 4.74 Å². The molecule has 1 saturated heterocycles. The number of para-hydroxylation sites is 2. The summed E-state index contributed by atoms with van der Waals surface area (Å²) in [5.74, 6) is 1.85. The lowest BCUT2D eigenvalue weighted by Gasteiger charge is -2.24. The molecule has 0 spiro atoms. The lowest BCUT2D eigenvalue weighted by Crippen LogP contribution is -2.46. The fraction of sp³-hybridized carbons (Fsp3) is 0.556. The Morgan fingerprint density at radius 3 is 2.96 bits per heavy atom. The maximum absolute atomic E-state index is 5.80. The number of nitrogens with zero attached hydrogens (tertiary/aromatic N) is 3. The van der Waals surface area contributed by atoms with Gasteiger partial charge in [0, 0.05) is 33.3 Å². The SMILES string of the molecule is CN=C(NCCn1c(C)nc2ccccc21)NCC1(C)CCCO1. The van der Waals surface area contributed by atoms with E-state index in [2.05, 4.69) is 50.3 Å². The van der Waals surface area contributed by atoms with Gasteiger partial charge in [0.25, 0.3) is 0 Å². The number of rotatable bonds is 5. The highest BCUT2D eigenvalue weighted by atomic mass is 16.5. The van der Waals surface area contributed by atoms with Gasteiger partial charge >= 0.3 is 0 Å². The molecule has 1 aromatic heterocycles. The van der Waals surface area contributed by atoms with Crippen molar-refractivity contribution in [3.8, 4) is 0 Å². The van der Waals surface area contributed by atoms with Crippen LogP contribution in [0.3, 0.4) is 0 Å². The Bertz CT molecular complexity index is 715. The van der Waals surface area contributed by atoms with Gasteiger partial charge < -0.3 is 19.9 Å². The monoisotopic (exact) mass is 329 g/mol. The standard InChI is InChI=1S/C18H27N5O/c1-14-22-15-7-4-5-8-16(15)23(14)11-10-20-17(19-3)21-13-18(2)9-6-12-24-18/h4-5,7-8H,6,9-13H2,1-3H3,(H2,19,20,21). The van der Waals surface area contributed by atoms with Gasteiger partial charge in [-0.15, -0.1) is 0 Å². The van der Waals surface area contributed by atoms with E-state index in [0.717, 1.165) is 56.4 Å². The maximum Gasteiger partial charge on any atom is 0.191 e. The van der Waals surface area contributed by atoms with E-state index in [1.807, 2.05) is 13.0 Å². The minimum Gasteiger partial charge on any atom is -0.373 e. The van der Waals surface area contributed by atoms with E-state index in [0.29, 0.717) is 0 Å². The van der Waals surface area contributed by atoms with Crippen LogP contribution in [-0.4, -0.2) is 47.9 Å². The van der Waals surface area contributed by atoms with Crippen LogP contribution in [0, 0.1) is 6.92 Å². The molecule has 1 aliphatic rings. The molecule has 1 unspecified atom stereocenters. The largest absolute Gasteiger partial charge is 0.373 e. The minimum atomic E-state index is -0.0746. The number of benzene rings is 1. The average molecular weight is 329 g/mol. The summed E-state index contributed by atoms with van der Waals surface area (Å²) in [6, 6.07) is 8.24. The van der Waals surface area contributed by atoms with E-state index >= 15 is 0 Å². The van der Waals surface area contributed by atoms with Gasteiger partial charge in [-0.25, -0.2) is 4.98 Å². The normalized spacial score (nSPS) is 21.4. The maximum atomic E-state index is 5.80. The number of fused-ring (bicyclic) bond motifs is 1. The summed E-state index contributed by atoms with van der Waals surface area (Å²) in [5, 5.41) is 6.75. The first-order valence-electron chi connectivity index (χ1n) is 8.62. The quantitative estimate of drug-likeness (QED) is 0.651. The number of aliphatic imine (C=N–C) groups is 1. The van der Waals surface area contributed by atoms with Crippen LogP contribution < -0.4 is 10.6 Å². The van der Waals surface area contributed by atoms with Crippen LogP contribution in [0.1, 0.15) is 25.6 Å². The molecular formula is C18H27N5O. The molecule has 0 amide bonds. The summed E-state index contributed by atoms with van der Waals surface area (Å²) in [4.78, 5) is 8.90. The van der Waals surface area contributed by atoms with Gasteiger partial charge in [0.1, 0.15) is 5.82 Å². The number of ether oxygens (including phenoxy) is 1. The van der Waals surface area contributed by atoms with Gasteiger partial charge in [0.2, 0.25) is 0 Å². The molecule has 1 aromatic carbocycles. The van der Waals surface area contributed by atoms with Crippen molar-refractivity contribution in [1.82, 2.24) is 20.2 Å². The number of hydrogen-bond acceptors (Lipinski definition) is 3. The molecule has 2 heterocycles. The number of aryl methyl sites for hydroxylation is 1. The topological polar surface area (TPSA) is 63.5 Å². The number of aromatic nitrogens is 2. The van der Waals surface area contributed by atoms with Crippen molar-refractivity contribution in [3.63, 3.8) is 0 Å². The van der Waals surface area contributed by atoms with Crippen LogP contribution in [0.4, 0.5) is 0 Å². The fourth-order valence-corrected chi connectivity index (χ4v) is 3.23. The van der Waals surface area contributed by atoms with Crippen LogP contribution in [-0.2, 0) is 11.3 Å². The zero-order valence-electron chi connectivity index (χ0n) is 14.8. The summed E-state index contributed by atoms with van der Waals surface area (Å²) in [5.41, 5.74) is 2.14. The Hall–Kier alpha value is -2.08. The Kier molecular flexibility index (Phi) is 5.04. The number of nitrogens with one attached hydrogen (secondary N) is 2. The molecule has 130 valence electrons.